The van der Waals surface area contributed by atoms with Crippen LogP contribution in [0.1, 0.15) is 76.5 Å². The molecule has 41 heavy (non-hydrogen) atoms. The first-order valence-electron chi connectivity index (χ1n) is 14.6. The molecule has 0 amide bonds. The van der Waals surface area contributed by atoms with Crippen LogP contribution in [-0.4, -0.2) is 17.8 Å². The van der Waals surface area contributed by atoms with Gasteiger partial charge in [-0.3, -0.25) is 0 Å². The molecule has 5 rings (SSSR count). The number of nitrogens with two attached hydrogens (primary N) is 1. The highest BCUT2D eigenvalue weighted by Crippen LogP contribution is 2.39. The number of halogens is 1. The fraction of sp³-hybridized carbons (Fsp3) is 0.424. The molecule has 4 unspecified atom stereocenters. The van der Waals surface area contributed by atoms with Crippen LogP contribution in [-0.2, 0) is 11.2 Å². The highest BCUT2D eigenvalue weighted by Gasteiger charge is 2.34. The number of amidine groups is 2. The summed E-state index contributed by atoms with van der Waals surface area (Å²) in [6, 6.07) is 8.41. The monoisotopic (exact) mass is 554 g/mol. The van der Waals surface area contributed by atoms with Gasteiger partial charge in [0.25, 0.3) is 0 Å². The van der Waals surface area contributed by atoms with Gasteiger partial charge in [-0.2, -0.15) is 5.26 Å². The highest BCUT2D eigenvalue weighted by atomic mass is 19.1. The molecule has 214 valence electrons. The van der Waals surface area contributed by atoms with Gasteiger partial charge in [0, 0.05) is 30.1 Å². The zero-order valence-corrected chi connectivity index (χ0v) is 24.1. The van der Waals surface area contributed by atoms with E-state index in [0.29, 0.717) is 24.4 Å². The number of aryl methyl sites for hydroxylation is 1. The van der Waals surface area contributed by atoms with E-state index in [1.54, 1.807) is 12.3 Å². The van der Waals surface area contributed by atoms with E-state index >= 15 is 4.39 Å². The lowest BCUT2D eigenvalue weighted by Crippen LogP contribution is -2.29. The average molecular weight is 555 g/mol. The molecule has 0 radical (unpaired) electrons. The maximum atomic E-state index is 15.7. The maximum Gasteiger partial charge on any atom is 0.175 e. The molecule has 8 heteroatoms. The van der Waals surface area contributed by atoms with Gasteiger partial charge in [-0.25, -0.2) is 19.8 Å². The van der Waals surface area contributed by atoms with Crippen molar-refractivity contribution in [3.63, 3.8) is 0 Å². The van der Waals surface area contributed by atoms with Gasteiger partial charge < -0.3 is 15.9 Å². The van der Waals surface area contributed by atoms with Crippen LogP contribution in [0.2, 0.25) is 0 Å². The Labute approximate surface area is 242 Å². The number of aliphatic imine (C=N–C) groups is 2. The van der Waals surface area contributed by atoms with Crippen LogP contribution in [0.4, 0.5) is 10.1 Å². The summed E-state index contributed by atoms with van der Waals surface area (Å²) in [6.07, 6.45) is 14.1. The number of nitrogens with one attached hydrogen (secondary N) is 2. The number of benzene rings is 1. The molecule has 4 N–H and O–H groups in total. The minimum atomic E-state index is -1.30. The fourth-order valence-electron chi connectivity index (χ4n) is 5.70. The van der Waals surface area contributed by atoms with Crippen molar-refractivity contribution >= 4 is 17.4 Å². The zero-order valence-electron chi connectivity index (χ0n) is 24.1. The smallest absolute Gasteiger partial charge is 0.175 e. The van der Waals surface area contributed by atoms with Gasteiger partial charge in [0.2, 0.25) is 0 Å². The number of allylic oxidation sites excluding steroid dienone is 8. The molecular weight excluding hydrogens is 515 g/mol. The van der Waals surface area contributed by atoms with Crippen LogP contribution in [0, 0.1) is 23.2 Å². The van der Waals surface area contributed by atoms with Crippen LogP contribution < -0.4 is 16.6 Å². The van der Waals surface area contributed by atoms with Gasteiger partial charge >= 0.3 is 0 Å². The molecule has 0 saturated carbocycles. The Hall–Kier alpha value is -3.96. The molecule has 0 spiro atoms. The third-order valence-electron chi connectivity index (χ3n) is 8.20. The van der Waals surface area contributed by atoms with Gasteiger partial charge in [-0.05, 0) is 62.3 Å². The molecule has 4 aliphatic rings. The molecule has 2 heterocycles. The van der Waals surface area contributed by atoms with Crippen molar-refractivity contribution in [3.05, 3.63) is 88.1 Å². The van der Waals surface area contributed by atoms with E-state index in [-0.39, 0.29) is 35.0 Å². The SMILES string of the molecule is CCCCc1cc(C2CC(=NC3=NC=CCC(C)C(OC4=CC=C5CCC(C)=CC5C4F)=C3C#N)NN2)ccc1N. The number of ether oxygens (including phenoxy) is 1. The van der Waals surface area contributed by atoms with Crippen molar-refractivity contribution in [2.75, 3.05) is 5.73 Å². The van der Waals surface area contributed by atoms with E-state index in [9.17, 15) is 5.26 Å². The summed E-state index contributed by atoms with van der Waals surface area (Å²) in [5.41, 5.74) is 18.3. The number of nitriles is 1. The lowest BCUT2D eigenvalue weighted by atomic mass is 9.80. The van der Waals surface area contributed by atoms with Crippen molar-refractivity contribution < 1.29 is 9.13 Å². The second-order valence-electron chi connectivity index (χ2n) is 11.3. The predicted octanol–water partition coefficient (Wildman–Crippen LogP) is 6.81. The van der Waals surface area contributed by atoms with Crippen LogP contribution in [0.3, 0.4) is 0 Å². The largest absolute Gasteiger partial charge is 0.461 e. The number of unbranched alkanes of at least 4 members (excludes halogenated alkanes) is 1. The van der Waals surface area contributed by atoms with Crippen LogP contribution >= 0.6 is 0 Å². The summed E-state index contributed by atoms with van der Waals surface area (Å²) >= 11 is 0. The Bertz CT molecular complexity index is 1440. The van der Waals surface area contributed by atoms with Crippen LogP contribution in [0.15, 0.2) is 86.9 Å². The standard InChI is InChI=1S/C33H39FN6O/c1-4-5-8-23-17-24(11-13-27(23)36)28-18-30(40-39-28)38-33-26(19-35)32(21(3)7-6-15-37-33)41-29-14-12-22-10-9-20(2)16-25(22)31(29)34/h6,11-17,21,25,28,31,39H,4-5,7-10,18,36H2,1-3H3,(H,37,38,40). The maximum absolute atomic E-state index is 15.7. The number of alkyl halides is 1. The lowest BCUT2D eigenvalue weighted by Gasteiger charge is -2.31. The predicted molar refractivity (Wildman–Crippen MR) is 162 cm³/mol. The fourth-order valence-corrected chi connectivity index (χ4v) is 5.70. The van der Waals surface area contributed by atoms with Gasteiger partial charge in [0.1, 0.15) is 29.0 Å². The Morgan fingerprint density at radius 1 is 1.27 bits per heavy atom. The molecule has 2 aliphatic heterocycles. The summed E-state index contributed by atoms with van der Waals surface area (Å²) in [4.78, 5) is 9.25. The molecule has 1 fully saturated rings. The van der Waals surface area contributed by atoms with Gasteiger partial charge in [0.15, 0.2) is 12.0 Å². The molecule has 2 aliphatic carbocycles. The molecule has 1 aromatic carbocycles. The molecular formula is C33H39FN6O. The number of nitrogens with zero attached hydrogens (tertiary/aromatic N) is 3. The number of anilines is 1. The zero-order chi connectivity index (χ0) is 28.9. The molecule has 0 bridgehead atoms. The van der Waals surface area contributed by atoms with E-state index in [1.165, 1.54) is 5.57 Å². The van der Waals surface area contributed by atoms with E-state index in [4.69, 9.17) is 15.5 Å². The molecule has 1 aromatic rings. The Morgan fingerprint density at radius 2 is 2.12 bits per heavy atom. The van der Waals surface area contributed by atoms with E-state index in [2.05, 4.69) is 34.9 Å². The number of nitrogen functional groups attached to an aromatic ring is 1. The van der Waals surface area contributed by atoms with Gasteiger partial charge in [0.05, 0.1) is 6.04 Å². The molecule has 7 nitrogen and oxygen atoms in total. The second kappa shape index (κ2) is 12.7. The third kappa shape index (κ3) is 6.36. The average Bonchev–Trinajstić information content (AvgIpc) is 3.43. The van der Waals surface area contributed by atoms with Gasteiger partial charge in [-0.15, -0.1) is 0 Å². The summed E-state index contributed by atoms with van der Waals surface area (Å²) < 4.78 is 22.0. The number of hydrazine groups is 1. The first-order chi connectivity index (χ1) is 19.9. The normalized spacial score (nSPS) is 27.0. The summed E-state index contributed by atoms with van der Waals surface area (Å²) in [5.74, 6) is 1.03. The van der Waals surface area contributed by atoms with E-state index in [1.807, 2.05) is 44.2 Å². The summed E-state index contributed by atoms with van der Waals surface area (Å²) in [7, 11) is 0. The Balaban J connectivity index is 1.40. The van der Waals surface area contributed by atoms with Crippen molar-refractivity contribution in [1.82, 2.24) is 10.9 Å². The number of fused-ring (bicyclic) bond motifs is 1. The third-order valence-corrected chi connectivity index (χ3v) is 8.20. The minimum absolute atomic E-state index is 0.00346. The van der Waals surface area contributed by atoms with E-state index in [0.717, 1.165) is 54.5 Å². The Kier molecular flexibility index (Phi) is 8.84. The summed E-state index contributed by atoms with van der Waals surface area (Å²) in [5, 5.41) is 10.3. The first-order valence-corrected chi connectivity index (χ1v) is 14.6. The van der Waals surface area contributed by atoms with Crippen molar-refractivity contribution in [2.45, 2.75) is 77.9 Å². The number of rotatable bonds is 6. The first kappa shape index (κ1) is 28.6. The van der Waals surface area contributed by atoms with Gasteiger partial charge in [-0.1, -0.05) is 61.8 Å². The molecule has 0 aromatic heterocycles. The number of hydrogen-bond donors (Lipinski definition) is 3. The van der Waals surface area contributed by atoms with E-state index < -0.39 is 6.17 Å². The quantitative estimate of drug-likeness (QED) is 0.264. The highest BCUT2D eigenvalue weighted by molar-refractivity contribution is 6.09. The summed E-state index contributed by atoms with van der Waals surface area (Å²) in [6.45, 7) is 6.18. The molecule has 4 atom stereocenters. The van der Waals surface area contributed by atoms with Crippen molar-refractivity contribution in [1.29, 1.82) is 5.26 Å². The second-order valence-corrected chi connectivity index (χ2v) is 11.3. The Morgan fingerprint density at radius 3 is 2.93 bits per heavy atom. The van der Waals surface area contributed by atoms with Crippen LogP contribution in [0.25, 0.3) is 0 Å². The molecule has 1 saturated heterocycles. The van der Waals surface area contributed by atoms with Crippen molar-refractivity contribution in [3.8, 4) is 6.07 Å². The minimum Gasteiger partial charge on any atom is -0.461 e. The van der Waals surface area contributed by atoms with Crippen molar-refractivity contribution in [2.24, 2.45) is 21.8 Å². The number of hydrogen-bond acceptors (Lipinski definition) is 6. The lowest BCUT2D eigenvalue weighted by molar-refractivity contribution is 0.168. The van der Waals surface area contributed by atoms with Crippen LogP contribution in [0.5, 0.6) is 0 Å². The topological polar surface area (TPSA) is 108 Å².